The zero-order valence-electron chi connectivity index (χ0n) is 15.8. The largest absolute Gasteiger partial charge is 0.352 e. The van der Waals surface area contributed by atoms with Crippen molar-refractivity contribution in [3.05, 3.63) is 28.9 Å². The van der Waals surface area contributed by atoms with Gasteiger partial charge in [0.1, 0.15) is 5.82 Å². The van der Waals surface area contributed by atoms with Gasteiger partial charge < -0.3 is 10.2 Å². The number of fused-ring (bicyclic) bond motifs is 1. The molecule has 0 aromatic carbocycles. The van der Waals surface area contributed by atoms with Crippen molar-refractivity contribution in [2.75, 3.05) is 11.4 Å². The van der Waals surface area contributed by atoms with Crippen molar-refractivity contribution >= 4 is 34.4 Å². The number of rotatable bonds is 3. The van der Waals surface area contributed by atoms with E-state index in [0.717, 1.165) is 42.9 Å². The number of hydrogen-bond donors (Lipinski definition) is 1. The molecule has 2 aromatic rings. The summed E-state index contributed by atoms with van der Waals surface area (Å²) in [6.07, 6.45) is 7.66. The molecule has 1 atom stereocenters. The molecule has 1 saturated heterocycles. The highest BCUT2D eigenvalue weighted by Gasteiger charge is 2.51. The van der Waals surface area contributed by atoms with Crippen LogP contribution in [0.15, 0.2) is 18.3 Å². The first-order chi connectivity index (χ1) is 12.9. The fraction of sp³-hybridized carbons (Fsp3) is 0.571. The van der Waals surface area contributed by atoms with Gasteiger partial charge in [0, 0.05) is 30.2 Å². The van der Waals surface area contributed by atoms with Crippen LogP contribution in [0.2, 0.25) is 5.02 Å². The molecule has 3 aliphatic rings. The van der Waals surface area contributed by atoms with Crippen LogP contribution in [0.4, 0.5) is 5.82 Å². The number of halogens is 1. The summed E-state index contributed by atoms with van der Waals surface area (Å²) >= 11 is 6.46. The average Bonchev–Trinajstić information content (AvgIpc) is 2.57. The van der Waals surface area contributed by atoms with Gasteiger partial charge >= 0.3 is 0 Å². The van der Waals surface area contributed by atoms with Crippen molar-refractivity contribution < 1.29 is 4.79 Å². The first-order valence-corrected chi connectivity index (χ1v) is 10.3. The van der Waals surface area contributed by atoms with Gasteiger partial charge in [-0.05, 0) is 62.5 Å². The Labute approximate surface area is 164 Å². The third kappa shape index (κ3) is 2.87. The van der Waals surface area contributed by atoms with Crippen LogP contribution in [0.3, 0.4) is 0 Å². The highest BCUT2D eigenvalue weighted by molar-refractivity contribution is 6.33. The number of nitrogens with one attached hydrogen (secondary N) is 1. The summed E-state index contributed by atoms with van der Waals surface area (Å²) < 4.78 is 0. The quantitative estimate of drug-likeness (QED) is 0.861. The molecule has 0 radical (unpaired) electrons. The summed E-state index contributed by atoms with van der Waals surface area (Å²) in [5, 5.41) is 4.59. The summed E-state index contributed by atoms with van der Waals surface area (Å²) in [6, 6.07) is 4.49. The van der Waals surface area contributed by atoms with Gasteiger partial charge in [-0.15, -0.1) is 0 Å². The average molecular weight is 385 g/mol. The molecule has 1 aliphatic heterocycles. The Hall–Kier alpha value is -1.88. The lowest BCUT2D eigenvalue weighted by Gasteiger charge is -2.57. The molecule has 6 heteroatoms. The highest BCUT2D eigenvalue weighted by atomic mass is 35.5. The highest BCUT2D eigenvalue weighted by Crippen LogP contribution is 2.58. The standard InChI is InChI=1S/C21H25ClN4O/c1-12-7-21(8-12)9-16(10-21)24-20(27)15-5-14-6-17(22)19(25-18(14)23-11-15)26-4-3-13(26)2/h5-6,11-13,16H,3-4,7-10H2,1-2H3,(H,24,27)/t12?,13-,16?,21?/m0/s1. The van der Waals surface area contributed by atoms with Gasteiger partial charge in [0.15, 0.2) is 5.65 Å². The van der Waals surface area contributed by atoms with E-state index in [1.165, 1.54) is 12.8 Å². The van der Waals surface area contributed by atoms with Gasteiger partial charge in [-0.1, -0.05) is 18.5 Å². The van der Waals surface area contributed by atoms with Crippen LogP contribution in [0, 0.1) is 11.3 Å². The van der Waals surface area contributed by atoms with Crippen molar-refractivity contribution in [1.82, 2.24) is 15.3 Å². The number of nitrogens with zero attached hydrogens (tertiary/aromatic N) is 3. The fourth-order valence-electron chi connectivity index (χ4n) is 5.29. The molecule has 3 fully saturated rings. The van der Waals surface area contributed by atoms with Crippen LogP contribution in [-0.2, 0) is 0 Å². The molecule has 2 aliphatic carbocycles. The lowest BCUT2D eigenvalue weighted by Crippen LogP contribution is -2.55. The van der Waals surface area contributed by atoms with E-state index in [-0.39, 0.29) is 5.91 Å². The summed E-state index contributed by atoms with van der Waals surface area (Å²) in [5.74, 6) is 1.60. The molecule has 5 rings (SSSR count). The monoisotopic (exact) mass is 384 g/mol. The molecule has 1 amide bonds. The van der Waals surface area contributed by atoms with Crippen molar-refractivity contribution in [1.29, 1.82) is 0 Å². The van der Waals surface area contributed by atoms with Crippen LogP contribution in [0.1, 0.15) is 56.3 Å². The van der Waals surface area contributed by atoms with E-state index in [2.05, 4.69) is 34.0 Å². The maximum absolute atomic E-state index is 12.6. The molecule has 0 bridgehead atoms. The Bertz CT molecular complexity index is 916. The van der Waals surface area contributed by atoms with E-state index < -0.39 is 0 Å². The van der Waals surface area contributed by atoms with E-state index >= 15 is 0 Å². The number of carbonyl (C=O) groups excluding carboxylic acids is 1. The van der Waals surface area contributed by atoms with Crippen molar-refractivity contribution in [2.24, 2.45) is 11.3 Å². The number of anilines is 1. The lowest BCUT2D eigenvalue weighted by molar-refractivity contribution is -0.0399. The molecule has 142 valence electrons. The molecular formula is C21H25ClN4O. The van der Waals surface area contributed by atoms with Crippen molar-refractivity contribution in [2.45, 2.75) is 58.0 Å². The molecular weight excluding hydrogens is 360 g/mol. The minimum absolute atomic E-state index is 0.0480. The molecule has 2 aromatic heterocycles. The molecule has 1 spiro atoms. The van der Waals surface area contributed by atoms with Crippen LogP contribution in [0.25, 0.3) is 11.0 Å². The van der Waals surface area contributed by atoms with Crippen LogP contribution in [-0.4, -0.2) is 34.5 Å². The Morgan fingerprint density at radius 2 is 2.04 bits per heavy atom. The van der Waals surface area contributed by atoms with E-state index in [0.29, 0.717) is 33.7 Å². The fourth-order valence-corrected chi connectivity index (χ4v) is 5.56. The Morgan fingerprint density at radius 3 is 2.67 bits per heavy atom. The summed E-state index contributed by atoms with van der Waals surface area (Å²) in [5.41, 5.74) is 1.74. The number of hydrogen-bond acceptors (Lipinski definition) is 4. The zero-order chi connectivity index (χ0) is 18.8. The van der Waals surface area contributed by atoms with E-state index in [1.807, 2.05) is 12.1 Å². The van der Waals surface area contributed by atoms with Gasteiger partial charge in [0.25, 0.3) is 5.91 Å². The number of carbonyl (C=O) groups is 1. The maximum Gasteiger partial charge on any atom is 0.253 e. The second-order valence-corrected chi connectivity index (χ2v) is 9.39. The second-order valence-electron chi connectivity index (χ2n) is 8.99. The second kappa shape index (κ2) is 6.06. The van der Waals surface area contributed by atoms with Crippen LogP contribution in [0.5, 0.6) is 0 Å². The Balaban J connectivity index is 1.31. The number of aromatic nitrogens is 2. The van der Waals surface area contributed by atoms with Gasteiger partial charge in [-0.2, -0.15) is 0 Å². The zero-order valence-corrected chi connectivity index (χ0v) is 16.6. The molecule has 2 saturated carbocycles. The third-order valence-corrected chi connectivity index (χ3v) is 6.99. The van der Waals surface area contributed by atoms with Crippen LogP contribution < -0.4 is 10.2 Å². The number of amides is 1. The predicted molar refractivity (Wildman–Crippen MR) is 107 cm³/mol. The maximum atomic E-state index is 12.6. The van der Waals surface area contributed by atoms with Crippen LogP contribution >= 0.6 is 11.6 Å². The molecule has 3 heterocycles. The topological polar surface area (TPSA) is 58.1 Å². The first kappa shape index (κ1) is 17.2. The number of pyridine rings is 2. The molecule has 27 heavy (non-hydrogen) atoms. The van der Waals surface area contributed by atoms with Gasteiger partial charge in [-0.25, -0.2) is 9.97 Å². The van der Waals surface area contributed by atoms with E-state index in [1.54, 1.807) is 6.20 Å². The Morgan fingerprint density at radius 1 is 1.26 bits per heavy atom. The summed E-state index contributed by atoms with van der Waals surface area (Å²) in [4.78, 5) is 23.9. The Kier molecular flexibility index (Phi) is 3.87. The predicted octanol–water partition coefficient (Wildman–Crippen LogP) is 4.19. The normalized spacial score (nSPS) is 32.0. The molecule has 1 N–H and O–H groups in total. The van der Waals surface area contributed by atoms with Crippen molar-refractivity contribution in [3.63, 3.8) is 0 Å². The summed E-state index contributed by atoms with van der Waals surface area (Å²) in [7, 11) is 0. The van der Waals surface area contributed by atoms with Crippen molar-refractivity contribution in [3.8, 4) is 0 Å². The van der Waals surface area contributed by atoms with E-state index in [9.17, 15) is 4.79 Å². The first-order valence-electron chi connectivity index (χ1n) is 9.96. The van der Waals surface area contributed by atoms with Gasteiger partial charge in [-0.3, -0.25) is 4.79 Å². The molecule has 0 unspecified atom stereocenters. The third-order valence-electron chi connectivity index (χ3n) is 6.71. The van der Waals surface area contributed by atoms with Gasteiger partial charge in [0.2, 0.25) is 0 Å². The van der Waals surface area contributed by atoms with Gasteiger partial charge in [0.05, 0.1) is 10.6 Å². The lowest BCUT2D eigenvalue weighted by atomic mass is 9.50. The molecule has 5 nitrogen and oxygen atoms in total. The SMILES string of the molecule is CC1CC2(C1)CC(NC(=O)c1cnc3nc(N4CC[C@@H]4C)c(Cl)cc3c1)C2. The smallest absolute Gasteiger partial charge is 0.253 e. The summed E-state index contributed by atoms with van der Waals surface area (Å²) in [6.45, 7) is 5.45. The minimum Gasteiger partial charge on any atom is -0.352 e. The van der Waals surface area contributed by atoms with E-state index in [4.69, 9.17) is 11.6 Å². The minimum atomic E-state index is -0.0480.